The first-order chi connectivity index (χ1) is 14.4. The van der Waals surface area contributed by atoms with Gasteiger partial charge in [0.1, 0.15) is 17.5 Å². The second kappa shape index (κ2) is 8.28. The van der Waals surface area contributed by atoms with Crippen molar-refractivity contribution >= 4 is 33.0 Å². The number of morpholine rings is 1. The van der Waals surface area contributed by atoms with E-state index in [4.69, 9.17) is 4.74 Å². The summed E-state index contributed by atoms with van der Waals surface area (Å²) in [5.41, 5.74) is 1.22. The molecular weight excluding hydrogens is 406 g/mol. The van der Waals surface area contributed by atoms with Crippen LogP contribution in [0.5, 0.6) is 0 Å². The Morgan fingerprint density at radius 2 is 1.77 bits per heavy atom. The Labute approximate surface area is 175 Å². The van der Waals surface area contributed by atoms with Crippen molar-refractivity contribution in [3.63, 3.8) is 0 Å². The van der Waals surface area contributed by atoms with E-state index in [0.29, 0.717) is 30.5 Å². The van der Waals surface area contributed by atoms with Crippen molar-refractivity contribution < 1.29 is 13.2 Å². The highest BCUT2D eigenvalue weighted by Crippen LogP contribution is 2.23. The lowest BCUT2D eigenvalue weighted by atomic mass is 10.3. The summed E-state index contributed by atoms with van der Waals surface area (Å²) in [7, 11) is -2.01. The van der Waals surface area contributed by atoms with E-state index >= 15 is 0 Å². The van der Waals surface area contributed by atoms with E-state index in [-0.39, 0.29) is 5.03 Å². The van der Waals surface area contributed by atoms with E-state index in [1.165, 1.54) is 12.5 Å². The molecule has 158 valence electrons. The van der Waals surface area contributed by atoms with Crippen LogP contribution in [0.4, 0.5) is 23.0 Å². The van der Waals surface area contributed by atoms with Crippen LogP contribution in [-0.2, 0) is 21.8 Å². The monoisotopic (exact) mass is 429 g/mol. The molecule has 4 rings (SSSR count). The number of hydrogen-bond acceptors (Lipinski definition) is 8. The molecule has 0 radical (unpaired) electrons. The minimum atomic E-state index is -3.73. The molecule has 1 fully saturated rings. The summed E-state index contributed by atoms with van der Waals surface area (Å²) in [4.78, 5) is 15.0. The van der Waals surface area contributed by atoms with Gasteiger partial charge in [-0.05, 0) is 31.2 Å². The van der Waals surface area contributed by atoms with Crippen molar-refractivity contribution in [1.29, 1.82) is 0 Å². The maximum Gasteiger partial charge on any atom is 0.280 e. The molecule has 0 spiro atoms. The van der Waals surface area contributed by atoms with Gasteiger partial charge in [-0.25, -0.2) is 15.0 Å². The minimum absolute atomic E-state index is 0.0284. The van der Waals surface area contributed by atoms with E-state index in [9.17, 15) is 8.42 Å². The fourth-order valence-corrected chi connectivity index (χ4v) is 4.12. The average Bonchev–Trinajstić information content (AvgIpc) is 3.17. The molecule has 0 amide bonds. The number of hydrogen-bond donors (Lipinski definition) is 2. The van der Waals surface area contributed by atoms with Crippen molar-refractivity contribution in [2.45, 2.75) is 11.9 Å². The zero-order valence-corrected chi connectivity index (χ0v) is 17.6. The van der Waals surface area contributed by atoms with Gasteiger partial charge in [0.25, 0.3) is 10.0 Å². The Bertz CT molecular complexity index is 1120. The lowest BCUT2D eigenvalue weighted by Crippen LogP contribution is -2.36. The van der Waals surface area contributed by atoms with Crippen LogP contribution in [0.25, 0.3) is 0 Å². The van der Waals surface area contributed by atoms with Crippen molar-refractivity contribution in [2.75, 3.05) is 41.2 Å². The molecule has 0 atom stereocenters. The molecule has 3 heterocycles. The van der Waals surface area contributed by atoms with Crippen molar-refractivity contribution in [1.82, 2.24) is 19.5 Å². The maximum absolute atomic E-state index is 12.4. The Morgan fingerprint density at radius 1 is 1.07 bits per heavy atom. The van der Waals surface area contributed by atoms with Gasteiger partial charge in [0.05, 0.1) is 19.5 Å². The largest absolute Gasteiger partial charge is 0.378 e. The van der Waals surface area contributed by atoms with Crippen LogP contribution in [0.2, 0.25) is 0 Å². The maximum atomic E-state index is 12.4. The highest BCUT2D eigenvalue weighted by molar-refractivity contribution is 7.92. The third kappa shape index (κ3) is 4.69. The number of aromatic nitrogens is 4. The number of ether oxygens (including phenoxy) is 1. The lowest BCUT2D eigenvalue weighted by molar-refractivity contribution is 0.122. The van der Waals surface area contributed by atoms with Crippen LogP contribution in [0, 0.1) is 6.92 Å². The number of benzene rings is 1. The highest BCUT2D eigenvalue weighted by atomic mass is 32.2. The molecule has 2 N–H and O–H groups in total. The minimum Gasteiger partial charge on any atom is -0.378 e. The number of nitrogens with one attached hydrogen (secondary N) is 2. The molecule has 1 saturated heterocycles. The van der Waals surface area contributed by atoms with Crippen LogP contribution in [-0.4, -0.2) is 54.2 Å². The predicted octanol–water partition coefficient (Wildman–Crippen LogP) is 1.90. The predicted molar refractivity (Wildman–Crippen MR) is 114 cm³/mol. The lowest BCUT2D eigenvalue weighted by Gasteiger charge is -2.28. The topological polar surface area (TPSA) is 114 Å². The van der Waals surface area contributed by atoms with Crippen molar-refractivity contribution in [3.05, 3.63) is 48.7 Å². The van der Waals surface area contributed by atoms with Crippen LogP contribution < -0.4 is 14.9 Å². The molecule has 11 heteroatoms. The number of rotatable bonds is 6. The first kappa shape index (κ1) is 20.1. The summed E-state index contributed by atoms with van der Waals surface area (Å²) in [5.74, 6) is 2.19. The molecule has 3 aromatic rings. The van der Waals surface area contributed by atoms with Crippen LogP contribution in [0.1, 0.15) is 5.82 Å². The quantitative estimate of drug-likeness (QED) is 0.611. The molecule has 0 bridgehead atoms. The number of imidazole rings is 1. The molecule has 30 heavy (non-hydrogen) atoms. The standard InChI is InChI=1S/C19H23N7O3S/c1-14-21-17(11-18(22-14)26-7-9-29-10-8-26)23-15-3-5-16(6-4-15)24-30(27,28)19-12-25(2)13-20-19/h3-6,11-13,24H,7-10H2,1-2H3,(H,21,22,23). The zero-order valence-electron chi connectivity index (χ0n) is 16.7. The molecule has 0 saturated carbocycles. The third-order valence-electron chi connectivity index (χ3n) is 4.53. The van der Waals surface area contributed by atoms with Gasteiger partial charge in [-0.1, -0.05) is 0 Å². The van der Waals surface area contributed by atoms with Gasteiger partial charge in [0, 0.05) is 43.8 Å². The Kier molecular flexibility index (Phi) is 5.55. The normalized spacial score (nSPS) is 14.5. The van der Waals surface area contributed by atoms with Gasteiger partial charge in [-0.3, -0.25) is 4.72 Å². The summed E-state index contributed by atoms with van der Waals surface area (Å²) >= 11 is 0. The van der Waals surface area contributed by atoms with Gasteiger partial charge in [-0.2, -0.15) is 8.42 Å². The van der Waals surface area contributed by atoms with E-state index in [0.717, 1.165) is 24.6 Å². The fourth-order valence-electron chi connectivity index (χ4n) is 3.07. The number of sulfonamides is 1. The van der Waals surface area contributed by atoms with E-state index in [2.05, 4.69) is 29.9 Å². The van der Waals surface area contributed by atoms with Gasteiger partial charge >= 0.3 is 0 Å². The van der Waals surface area contributed by atoms with E-state index in [1.54, 1.807) is 35.9 Å². The van der Waals surface area contributed by atoms with Crippen LogP contribution in [0.3, 0.4) is 0 Å². The van der Waals surface area contributed by atoms with Gasteiger partial charge < -0.3 is 19.5 Å². The Hall–Kier alpha value is -3.18. The summed E-state index contributed by atoms with van der Waals surface area (Å²) in [6.45, 7) is 4.80. The van der Waals surface area contributed by atoms with Crippen molar-refractivity contribution in [3.8, 4) is 0 Å². The second-order valence-corrected chi connectivity index (χ2v) is 8.57. The molecule has 0 aliphatic carbocycles. The van der Waals surface area contributed by atoms with Gasteiger partial charge in [-0.15, -0.1) is 0 Å². The third-order valence-corrected chi connectivity index (χ3v) is 5.79. The SMILES string of the molecule is Cc1nc(Nc2ccc(NS(=O)(=O)c3cn(C)cn3)cc2)cc(N2CCOCC2)n1. The Balaban J connectivity index is 1.46. The van der Waals surface area contributed by atoms with Crippen LogP contribution in [0.15, 0.2) is 47.9 Å². The molecule has 1 aliphatic heterocycles. The fraction of sp³-hybridized carbons (Fsp3) is 0.316. The summed E-state index contributed by atoms with van der Waals surface area (Å²) in [6.07, 6.45) is 2.89. The average molecular weight is 430 g/mol. The van der Waals surface area contributed by atoms with Crippen LogP contribution >= 0.6 is 0 Å². The van der Waals surface area contributed by atoms with Gasteiger partial charge in [0.2, 0.25) is 0 Å². The number of nitrogens with zero attached hydrogens (tertiary/aromatic N) is 5. The van der Waals surface area contributed by atoms with Crippen molar-refractivity contribution in [2.24, 2.45) is 7.05 Å². The molecule has 10 nitrogen and oxygen atoms in total. The first-order valence-corrected chi connectivity index (χ1v) is 10.9. The summed E-state index contributed by atoms with van der Waals surface area (Å²) < 4.78 is 34.3. The molecule has 0 unspecified atom stereocenters. The Morgan fingerprint density at radius 3 is 2.43 bits per heavy atom. The smallest absolute Gasteiger partial charge is 0.280 e. The van der Waals surface area contributed by atoms with Gasteiger partial charge in [0.15, 0.2) is 5.03 Å². The number of aryl methyl sites for hydroxylation is 2. The second-order valence-electron chi connectivity index (χ2n) is 6.94. The number of anilines is 4. The highest BCUT2D eigenvalue weighted by Gasteiger charge is 2.17. The first-order valence-electron chi connectivity index (χ1n) is 9.45. The molecular formula is C19H23N7O3S. The summed E-state index contributed by atoms with van der Waals surface area (Å²) in [6, 6.07) is 8.82. The van der Waals surface area contributed by atoms with E-state index < -0.39 is 10.0 Å². The van der Waals surface area contributed by atoms with E-state index in [1.807, 2.05) is 13.0 Å². The molecule has 2 aromatic heterocycles. The molecule has 1 aliphatic rings. The summed E-state index contributed by atoms with van der Waals surface area (Å²) in [5, 5.41) is 3.22. The zero-order chi connectivity index (χ0) is 21.1. The molecule has 1 aromatic carbocycles.